The summed E-state index contributed by atoms with van der Waals surface area (Å²) in [7, 11) is -2.65. The maximum absolute atomic E-state index is 12.8. The minimum absolute atomic E-state index is 0.0610. The van der Waals surface area contributed by atoms with Crippen molar-refractivity contribution in [3.8, 4) is 5.75 Å². The monoisotopic (exact) mass is 352 g/mol. The molecule has 2 aromatic rings. The lowest BCUT2D eigenvalue weighted by molar-refractivity contribution is 0.255. The molecule has 23 heavy (non-hydrogen) atoms. The van der Waals surface area contributed by atoms with Crippen LogP contribution in [0.1, 0.15) is 5.56 Å². The number of rotatable bonds is 1. The summed E-state index contributed by atoms with van der Waals surface area (Å²) in [6.07, 6.45) is 0. The normalized spacial score (nSPS) is 16.4. The molecule has 0 aliphatic carbocycles. The summed E-state index contributed by atoms with van der Waals surface area (Å²) in [6.45, 7) is 1.78. The van der Waals surface area contributed by atoms with E-state index in [0.29, 0.717) is 9.33 Å². The lowest BCUT2D eigenvalue weighted by atomic mass is 10.2. The fourth-order valence-electron chi connectivity index (χ4n) is 2.38. The van der Waals surface area contributed by atoms with Gasteiger partial charge in [0.05, 0.1) is 11.4 Å². The van der Waals surface area contributed by atoms with E-state index >= 15 is 0 Å². The number of anilines is 2. The minimum atomic E-state index is -4.09. The molecule has 120 valence electrons. The zero-order valence-corrected chi connectivity index (χ0v) is 13.9. The molecule has 0 atom stereocenters. The summed E-state index contributed by atoms with van der Waals surface area (Å²) >= 11 is 6.05. The number of hydrogen-bond donors (Lipinski definition) is 1. The third-order valence-corrected chi connectivity index (χ3v) is 5.83. The van der Waals surface area contributed by atoms with E-state index in [0.717, 1.165) is 5.56 Å². The number of sulfonamides is 1. The molecular weight excluding hydrogens is 340 g/mol. The summed E-state index contributed by atoms with van der Waals surface area (Å²) in [6, 6.07) is 7.63. The number of phenolic OH excluding ortho intramolecular Hbond substituents is 1. The molecule has 6 nitrogen and oxygen atoms in total. The second-order valence-electron chi connectivity index (χ2n) is 5.20. The SMILES string of the molecule is Cc1ccc(N2C(=O)N(C)c3cc(O)ccc3S2(=O)=O)cc1Cl. The Labute approximate surface area is 138 Å². The number of phenols is 1. The van der Waals surface area contributed by atoms with Crippen molar-refractivity contribution >= 4 is 39.0 Å². The number of halogens is 1. The van der Waals surface area contributed by atoms with Crippen molar-refractivity contribution in [2.45, 2.75) is 11.8 Å². The Morgan fingerprint density at radius 1 is 1.13 bits per heavy atom. The number of hydrogen-bond acceptors (Lipinski definition) is 4. The molecule has 0 spiro atoms. The second kappa shape index (κ2) is 5.14. The largest absolute Gasteiger partial charge is 0.508 e. The van der Waals surface area contributed by atoms with E-state index in [4.69, 9.17) is 11.6 Å². The van der Waals surface area contributed by atoms with Crippen molar-refractivity contribution in [3.05, 3.63) is 47.0 Å². The standard InChI is InChI=1S/C15H13ClN2O4S/c1-9-3-4-10(7-12(9)16)18-15(20)17(2)13-8-11(19)5-6-14(13)23(18,21)22/h3-8,19H,1-2H3. The van der Waals surface area contributed by atoms with Gasteiger partial charge in [-0.25, -0.2) is 13.2 Å². The molecule has 0 unspecified atom stereocenters. The molecule has 0 radical (unpaired) electrons. The highest BCUT2D eigenvalue weighted by atomic mass is 35.5. The highest BCUT2D eigenvalue weighted by Gasteiger charge is 2.41. The van der Waals surface area contributed by atoms with Gasteiger partial charge >= 0.3 is 6.03 Å². The molecule has 1 aliphatic heterocycles. The zero-order valence-electron chi connectivity index (χ0n) is 12.3. The van der Waals surface area contributed by atoms with Gasteiger partial charge in [-0.2, -0.15) is 4.31 Å². The van der Waals surface area contributed by atoms with Crippen molar-refractivity contribution < 1.29 is 18.3 Å². The Morgan fingerprint density at radius 3 is 2.48 bits per heavy atom. The molecule has 1 aliphatic rings. The van der Waals surface area contributed by atoms with Crippen LogP contribution in [0.2, 0.25) is 5.02 Å². The molecule has 0 bridgehead atoms. The summed E-state index contributed by atoms with van der Waals surface area (Å²) in [5.41, 5.74) is 1.07. The van der Waals surface area contributed by atoms with Crippen LogP contribution < -0.4 is 9.21 Å². The molecule has 1 heterocycles. The van der Waals surface area contributed by atoms with E-state index in [1.54, 1.807) is 13.0 Å². The Kier molecular flexibility index (Phi) is 3.50. The number of carbonyl (C=O) groups is 1. The third kappa shape index (κ3) is 2.32. The number of aromatic hydroxyl groups is 1. The van der Waals surface area contributed by atoms with Crippen LogP contribution in [0.25, 0.3) is 0 Å². The van der Waals surface area contributed by atoms with E-state index in [9.17, 15) is 18.3 Å². The van der Waals surface area contributed by atoms with Gasteiger partial charge in [-0.15, -0.1) is 0 Å². The number of benzene rings is 2. The average Bonchev–Trinajstić information content (AvgIpc) is 2.48. The zero-order chi connectivity index (χ0) is 16.9. The maximum atomic E-state index is 12.8. The van der Waals surface area contributed by atoms with E-state index in [1.807, 2.05) is 0 Å². The molecule has 0 saturated carbocycles. The van der Waals surface area contributed by atoms with Gasteiger partial charge < -0.3 is 5.11 Å². The highest BCUT2D eigenvalue weighted by molar-refractivity contribution is 7.94. The first-order chi connectivity index (χ1) is 10.7. The lowest BCUT2D eigenvalue weighted by Crippen LogP contribution is -2.49. The first-order valence-corrected chi connectivity index (χ1v) is 8.47. The van der Waals surface area contributed by atoms with Gasteiger partial charge in [-0.1, -0.05) is 17.7 Å². The van der Waals surface area contributed by atoms with Crippen LogP contribution in [-0.4, -0.2) is 26.6 Å². The van der Waals surface area contributed by atoms with Crippen molar-refractivity contribution in [1.82, 2.24) is 0 Å². The van der Waals surface area contributed by atoms with Crippen molar-refractivity contribution in [2.24, 2.45) is 0 Å². The van der Waals surface area contributed by atoms with Gasteiger partial charge in [0, 0.05) is 18.1 Å². The van der Waals surface area contributed by atoms with Gasteiger partial charge in [0.2, 0.25) is 0 Å². The molecule has 2 aromatic carbocycles. The van der Waals surface area contributed by atoms with Crippen molar-refractivity contribution in [3.63, 3.8) is 0 Å². The topological polar surface area (TPSA) is 77.9 Å². The number of urea groups is 1. The molecular formula is C15H13ClN2O4S. The van der Waals surface area contributed by atoms with Crippen LogP contribution in [0.5, 0.6) is 5.75 Å². The quantitative estimate of drug-likeness (QED) is 0.855. The molecule has 2 amide bonds. The smallest absolute Gasteiger partial charge is 0.342 e. The molecule has 0 aromatic heterocycles. The maximum Gasteiger partial charge on any atom is 0.342 e. The van der Waals surface area contributed by atoms with Gasteiger partial charge in [0.15, 0.2) is 0 Å². The van der Waals surface area contributed by atoms with Crippen LogP contribution in [0.4, 0.5) is 16.2 Å². The van der Waals surface area contributed by atoms with Crippen LogP contribution in [0.15, 0.2) is 41.3 Å². The molecule has 1 N–H and O–H groups in total. The van der Waals surface area contributed by atoms with E-state index in [1.165, 1.54) is 42.3 Å². The van der Waals surface area contributed by atoms with Crippen LogP contribution in [0.3, 0.4) is 0 Å². The highest BCUT2D eigenvalue weighted by Crippen LogP contribution is 2.38. The number of nitrogens with zero attached hydrogens (tertiary/aromatic N) is 2. The van der Waals surface area contributed by atoms with Crippen molar-refractivity contribution in [2.75, 3.05) is 16.3 Å². The summed E-state index contributed by atoms with van der Waals surface area (Å²) in [5.74, 6) is -0.120. The van der Waals surface area contributed by atoms with Crippen LogP contribution >= 0.6 is 11.6 Å². The lowest BCUT2D eigenvalue weighted by Gasteiger charge is -2.34. The first-order valence-electron chi connectivity index (χ1n) is 6.65. The summed E-state index contributed by atoms with van der Waals surface area (Å²) < 4.78 is 26.3. The number of fused-ring (bicyclic) bond motifs is 1. The first kappa shape index (κ1) is 15.6. The van der Waals surface area contributed by atoms with E-state index in [2.05, 4.69) is 0 Å². The molecule has 8 heteroatoms. The van der Waals surface area contributed by atoms with Gasteiger partial charge in [0.1, 0.15) is 10.6 Å². The number of amides is 2. The third-order valence-electron chi connectivity index (χ3n) is 3.67. The van der Waals surface area contributed by atoms with Crippen LogP contribution in [0, 0.1) is 6.92 Å². The van der Waals surface area contributed by atoms with Gasteiger partial charge in [-0.3, -0.25) is 4.90 Å². The van der Waals surface area contributed by atoms with Gasteiger partial charge in [-0.05, 0) is 36.8 Å². The predicted molar refractivity (Wildman–Crippen MR) is 87.8 cm³/mol. The van der Waals surface area contributed by atoms with E-state index in [-0.39, 0.29) is 22.0 Å². The average molecular weight is 353 g/mol. The van der Waals surface area contributed by atoms with Gasteiger partial charge in [0.25, 0.3) is 10.0 Å². The fraction of sp³-hybridized carbons (Fsp3) is 0.133. The minimum Gasteiger partial charge on any atom is -0.508 e. The Hall–Kier alpha value is -2.25. The number of carbonyl (C=O) groups excluding carboxylic acids is 1. The Balaban J connectivity index is 2.25. The number of aryl methyl sites for hydroxylation is 1. The predicted octanol–water partition coefficient (Wildman–Crippen LogP) is 3.12. The molecule has 0 fully saturated rings. The molecule has 0 saturated heterocycles. The van der Waals surface area contributed by atoms with E-state index < -0.39 is 16.1 Å². The Morgan fingerprint density at radius 2 is 1.83 bits per heavy atom. The van der Waals surface area contributed by atoms with Crippen LogP contribution in [-0.2, 0) is 10.0 Å². The second-order valence-corrected chi connectivity index (χ2v) is 7.36. The fourth-order valence-corrected chi connectivity index (χ4v) is 4.17. The molecule has 3 rings (SSSR count). The Bertz CT molecular complexity index is 927. The summed E-state index contributed by atoms with van der Waals surface area (Å²) in [4.78, 5) is 13.7. The summed E-state index contributed by atoms with van der Waals surface area (Å²) in [5, 5.41) is 9.91. The van der Waals surface area contributed by atoms with Crippen molar-refractivity contribution in [1.29, 1.82) is 0 Å².